The number of nitrogens with zero attached hydrogens (tertiary/aromatic N) is 3. The lowest BCUT2D eigenvalue weighted by Gasteiger charge is -2.32. The number of unbranched alkanes of at least 4 members (excludes halogenated alkanes) is 1. The first-order valence-corrected chi connectivity index (χ1v) is 11.4. The number of hydrogen-bond donors (Lipinski definition) is 1. The minimum atomic E-state index is -0.0230. The van der Waals surface area contributed by atoms with Gasteiger partial charge in [0.1, 0.15) is 5.69 Å². The molecule has 0 atom stereocenters. The molecule has 1 aliphatic heterocycles. The Kier molecular flexibility index (Phi) is 7.15. The first kappa shape index (κ1) is 21.3. The number of aromatic nitrogens is 2. The molecular formula is C26H32N4O. The van der Waals surface area contributed by atoms with Gasteiger partial charge in [-0.15, -0.1) is 0 Å². The van der Waals surface area contributed by atoms with Crippen molar-refractivity contribution < 1.29 is 4.79 Å². The Balaban J connectivity index is 1.49. The Bertz CT molecular complexity index is 960. The summed E-state index contributed by atoms with van der Waals surface area (Å²) in [5.74, 6) is -0.0230. The minimum Gasteiger partial charge on any atom is -0.349 e. The number of benzene rings is 2. The SMILES string of the molecule is CCCCN1CCC(NC(=O)c2cn(Cc3ccccc3)nc2-c2ccccc2)CC1. The van der Waals surface area contributed by atoms with E-state index in [9.17, 15) is 4.79 Å². The van der Waals surface area contributed by atoms with Gasteiger partial charge in [-0.1, -0.05) is 74.0 Å². The molecule has 5 nitrogen and oxygen atoms in total. The van der Waals surface area contributed by atoms with Crippen LogP contribution in [0.25, 0.3) is 11.3 Å². The molecule has 1 aliphatic rings. The van der Waals surface area contributed by atoms with Gasteiger partial charge in [0, 0.05) is 30.9 Å². The Morgan fingerprint density at radius 2 is 1.71 bits per heavy atom. The number of nitrogens with one attached hydrogen (secondary N) is 1. The second-order valence-corrected chi connectivity index (χ2v) is 8.38. The van der Waals surface area contributed by atoms with Gasteiger partial charge in [0.05, 0.1) is 12.1 Å². The Hall–Kier alpha value is -2.92. The van der Waals surface area contributed by atoms with Crippen LogP contribution in [0.5, 0.6) is 0 Å². The number of hydrogen-bond acceptors (Lipinski definition) is 3. The monoisotopic (exact) mass is 416 g/mol. The molecule has 162 valence electrons. The molecule has 1 aromatic heterocycles. The van der Waals surface area contributed by atoms with Crippen molar-refractivity contribution in [2.24, 2.45) is 0 Å². The predicted molar refractivity (Wildman–Crippen MR) is 125 cm³/mol. The van der Waals surface area contributed by atoms with E-state index >= 15 is 0 Å². The van der Waals surface area contributed by atoms with Crippen molar-refractivity contribution in [3.63, 3.8) is 0 Å². The van der Waals surface area contributed by atoms with E-state index < -0.39 is 0 Å². The van der Waals surface area contributed by atoms with E-state index in [-0.39, 0.29) is 11.9 Å². The molecule has 4 rings (SSSR count). The lowest BCUT2D eigenvalue weighted by atomic mass is 10.0. The average Bonchev–Trinajstić information content (AvgIpc) is 3.24. The van der Waals surface area contributed by atoms with Crippen molar-refractivity contribution in [1.29, 1.82) is 0 Å². The molecular weight excluding hydrogens is 384 g/mol. The molecule has 2 aromatic carbocycles. The summed E-state index contributed by atoms with van der Waals surface area (Å²) in [6, 6.07) is 20.4. The first-order chi connectivity index (χ1) is 15.2. The van der Waals surface area contributed by atoms with Crippen LogP contribution in [-0.4, -0.2) is 46.3 Å². The summed E-state index contributed by atoms with van der Waals surface area (Å²) in [6.07, 6.45) is 6.38. The zero-order valence-electron chi connectivity index (χ0n) is 18.3. The maximum Gasteiger partial charge on any atom is 0.255 e. The van der Waals surface area contributed by atoms with Gasteiger partial charge in [-0.25, -0.2) is 0 Å². The number of likely N-dealkylation sites (tertiary alicyclic amines) is 1. The zero-order chi connectivity index (χ0) is 21.5. The third-order valence-corrected chi connectivity index (χ3v) is 5.99. The lowest BCUT2D eigenvalue weighted by molar-refractivity contribution is 0.0911. The summed E-state index contributed by atoms with van der Waals surface area (Å²) >= 11 is 0. The molecule has 31 heavy (non-hydrogen) atoms. The largest absolute Gasteiger partial charge is 0.349 e. The van der Waals surface area contributed by atoms with Crippen molar-refractivity contribution in [2.45, 2.75) is 45.2 Å². The molecule has 0 unspecified atom stereocenters. The van der Waals surface area contributed by atoms with Crippen LogP contribution in [0, 0.1) is 0 Å². The molecule has 2 heterocycles. The Labute approximate surface area is 185 Å². The summed E-state index contributed by atoms with van der Waals surface area (Å²) in [7, 11) is 0. The summed E-state index contributed by atoms with van der Waals surface area (Å²) in [5, 5.41) is 8.06. The molecule has 5 heteroatoms. The molecule has 1 amide bonds. The molecule has 3 aromatic rings. The van der Waals surface area contributed by atoms with E-state index in [0.717, 1.165) is 42.8 Å². The van der Waals surface area contributed by atoms with Crippen LogP contribution in [0.1, 0.15) is 48.5 Å². The van der Waals surface area contributed by atoms with Gasteiger partial charge in [-0.05, 0) is 31.4 Å². The normalized spacial score (nSPS) is 15.1. The standard InChI is InChI=1S/C26H32N4O/c1-2-3-16-29-17-14-23(15-18-29)27-26(31)24-20-30(19-21-10-6-4-7-11-21)28-25(24)22-12-8-5-9-13-22/h4-13,20,23H,2-3,14-19H2,1H3,(H,27,31). The Morgan fingerprint density at radius 1 is 1.03 bits per heavy atom. The van der Waals surface area contributed by atoms with Crippen molar-refractivity contribution in [3.8, 4) is 11.3 Å². The first-order valence-electron chi connectivity index (χ1n) is 11.4. The molecule has 0 aliphatic carbocycles. The van der Waals surface area contributed by atoms with Crippen molar-refractivity contribution in [2.75, 3.05) is 19.6 Å². The van der Waals surface area contributed by atoms with Gasteiger partial charge in [-0.3, -0.25) is 9.48 Å². The van der Waals surface area contributed by atoms with Gasteiger partial charge < -0.3 is 10.2 Å². The van der Waals surface area contributed by atoms with Gasteiger partial charge >= 0.3 is 0 Å². The van der Waals surface area contributed by atoms with Crippen LogP contribution < -0.4 is 5.32 Å². The molecule has 0 bridgehead atoms. The van der Waals surface area contributed by atoms with E-state index in [1.807, 2.05) is 59.4 Å². The molecule has 0 saturated carbocycles. The van der Waals surface area contributed by atoms with Crippen molar-refractivity contribution in [1.82, 2.24) is 20.0 Å². The summed E-state index contributed by atoms with van der Waals surface area (Å²) in [6.45, 7) is 6.16. The van der Waals surface area contributed by atoms with E-state index in [0.29, 0.717) is 12.1 Å². The van der Waals surface area contributed by atoms with Crippen molar-refractivity contribution >= 4 is 5.91 Å². The third kappa shape index (κ3) is 5.61. The van der Waals surface area contributed by atoms with Crippen molar-refractivity contribution in [3.05, 3.63) is 78.0 Å². The van der Waals surface area contributed by atoms with E-state index in [2.05, 4.69) is 29.3 Å². The van der Waals surface area contributed by atoms with Gasteiger partial charge in [0.15, 0.2) is 0 Å². The maximum atomic E-state index is 13.2. The molecule has 0 spiro atoms. The molecule has 1 fully saturated rings. The van der Waals surface area contributed by atoms with Crippen LogP contribution >= 0.6 is 0 Å². The Morgan fingerprint density at radius 3 is 2.39 bits per heavy atom. The van der Waals surface area contributed by atoms with Gasteiger partial charge in [0.25, 0.3) is 5.91 Å². The minimum absolute atomic E-state index is 0.0230. The average molecular weight is 417 g/mol. The van der Waals surface area contributed by atoms with Crippen LogP contribution in [0.2, 0.25) is 0 Å². The summed E-state index contributed by atoms with van der Waals surface area (Å²) in [4.78, 5) is 15.8. The third-order valence-electron chi connectivity index (χ3n) is 5.99. The molecule has 1 N–H and O–H groups in total. The highest BCUT2D eigenvalue weighted by Gasteiger charge is 2.24. The topological polar surface area (TPSA) is 50.2 Å². The molecule has 1 saturated heterocycles. The fourth-order valence-electron chi connectivity index (χ4n) is 4.19. The van der Waals surface area contributed by atoms with Crippen LogP contribution in [0.15, 0.2) is 66.9 Å². The highest BCUT2D eigenvalue weighted by atomic mass is 16.1. The lowest BCUT2D eigenvalue weighted by Crippen LogP contribution is -2.44. The second-order valence-electron chi connectivity index (χ2n) is 8.38. The summed E-state index contributed by atoms with van der Waals surface area (Å²) in [5.41, 5.74) is 3.52. The quantitative estimate of drug-likeness (QED) is 0.584. The van der Waals surface area contributed by atoms with Crippen LogP contribution in [0.3, 0.4) is 0 Å². The fraction of sp³-hybridized carbons (Fsp3) is 0.385. The van der Waals surface area contributed by atoms with Gasteiger partial charge in [0.2, 0.25) is 0 Å². The predicted octanol–water partition coefficient (Wildman–Crippen LogP) is 4.59. The van der Waals surface area contributed by atoms with E-state index in [1.54, 1.807) is 0 Å². The summed E-state index contributed by atoms with van der Waals surface area (Å²) < 4.78 is 1.87. The van der Waals surface area contributed by atoms with Gasteiger partial charge in [-0.2, -0.15) is 5.10 Å². The number of carbonyl (C=O) groups excluding carboxylic acids is 1. The highest BCUT2D eigenvalue weighted by Crippen LogP contribution is 2.23. The van der Waals surface area contributed by atoms with Crippen LogP contribution in [0.4, 0.5) is 0 Å². The second kappa shape index (κ2) is 10.4. The highest BCUT2D eigenvalue weighted by molar-refractivity contribution is 6.00. The number of piperidine rings is 1. The number of amides is 1. The van der Waals surface area contributed by atoms with E-state index in [4.69, 9.17) is 5.10 Å². The number of rotatable bonds is 8. The van der Waals surface area contributed by atoms with Crippen LogP contribution in [-0.2, 0) is 6.54 Å². The fourth-order valence-corrected chi connectivity index (χ4v) is 4.19. The smallest absolute Gasteiger partial charge is 0.255 e. The number of carbonyl (C=O) groups is 1. The zero-order valence-corrected chi connectivity index (χ0v) is 18.3. The maximum absolute atomic E-state index is 13.2. The van der Waals surface area contributed by atoms with E-state index in [1.165, 1.54) is 19.4 Å². The molecule has 0 radical (unpaired) electrons.